The third-order valence-electron chi connectivity index (χ3n) is 3.63. The molecule has 0 aliphatic carbocycles. The largest absolute Gasteiger partial charge is 0.393 e. The zero-order valence-corrected chi connectivity index (χ0v) is 13.5. The number of ether oxygens (including phenoxy) is 1. The highest BCUT2D eigenvalue weighted by atomic mass is 32.2. The van der Waals surface area contributed by atoms with E-state index >= 15 is 0 Å². The van der Waals surface area contributed by atoms with E-state index in [0.717, 1.165) is 10.9 Å². The lowest BCUT2D eigenvalue weighted by Gasteiger charge is -2.28. The molecule has 1 saturated heterocycles. The number of nitrogens with two attached hydrogens (primary N) is 1. The van der Waals surface area contributed by atoms with E-state index in [1.54, 1.807) is 0 Å². The van der Waals surface area contributed by atoms with Crippen molar-refractivity contribution in [2.45, 2.75) is 24.2 Å². The molecule has 4 atom stereocenters. The van der Waals surface area contributed by atoms with Crippen LogP contribution in [0.1, 0.15) is 6.23 Å². The average Bonchev–Trinajstić information content (AvgIpc) is 2.98. The SMILES string of the molecule is CS(=O)(=O)O[C@@]1(O)[C@@H](CO)O[C@@H](n2cnc3c(=O)[nH]c(N)nc32)[C@@H]1O. The van der Waals surface area contributed by atoms with E-state index in [1.165, 1.54) is 0 Å². The van der Waals surface area contributed by atoms with Gasteiger partial charge < -0.3 is 25.8 Å². The lowest BCUT2D eigenvalue weighted by Crippen LogP contribution is -2.52. The topological polar surface area (TPSA) is 203 Å². The third kappa shape index (κ3) is 2.88. The number of rotatable bonds is 4. The fraction of sp³-hybridized carbons (Fsp3) is 0.545. The summed E-state index contributed by atoms with van der Waals surface area (Å²) in [6.45, 7) is -0.859. The molecule has 2 aromatic heterocycles. The lowest BCUT2D eigenvalue weighted by molar-refractivity contribution is -0.213. The van der Waals surface area contributed by atoms with Gasteiger partial charge in [-0.3, -0.25) is 14.3 Å². The molecule has 0 spiro atoms. The molecule has 0 aromatic carbocycles. The van der Waals surface area contributed by atoms with Crippen LogP contribution in [0.25, 0.3) is 11.2 Å². The summed E-state index contributed by atoms with van der Waals surface area (Å²) in [5, 5.41) is 30.1. The highest BCUT2D eigenvalue weighted by molar-refractivity contribution is 7.86. The summed E-state index contributed by atoms with van der Waals surface area (Å²) >= 11 is 0. The number of aromatic amines is 1. The Labute approximate surface area is 139 Å². The van der Waals surface area contributed by atoms with Crippen LogP contribution in [-0.4, -0.2) is 74.1 Å². The molecule has 6 N–H and O–H groups in total. The van der Waals surface area contributed by atoms with Crippen molar-refractivity contribution in [2.75, 3.05) is 18.6 Å². The normalized spacial score (nSPS) is 30.2. The standard InChI is InChI=1S/C11H15N5O8S/c1-25(21,22)24-11(20)4(2-17)23-9(6(11)18)16-3-13-5-7(16)14-10(12)15-8(5)19/h3-4,6,9,17-18,20H,2H2,1H3,(H3,12,14,15,19)/t4-,6+,9-,11+/m1/s1. The van der Waals surface area contributed by atoms with Crippen molar-refractivity contribution in [1.29, 1.82) is 0 Å². The Kier molecular flexibility index (Phi) is 4.05. The van der Waals surface area contributed by atoms with Crippen LogP contribution in [-0.2, 0) is 19.0 Å². The Hall–Kier alpha value is -2.10. The Morgan fingerprint density at radius 2 is 2.24 bits per heavy atom. The second-order valence-corrected chi connectivity index (χ2v) is 7.03. The second kappa shape index (κ2) is 5.72. The van der Waals surface area contributed by atoms with Crippen molar-refractivity contribution in [2.24, 2.45) is 0 Å². The van der Waals surface area contributed by atoms with E-state index in [0.29, 0.717) is 6.26 Å². The van der Waals surface area contributed by atoms with Crippen LogP contribution < -0.4 is 11.3 Å². The van der Waals surface area contributed by atoms with Crippen LogP contribution in [0.4, 0.5) is 5.95 Å². The number of imidazole rings is 1. The zero-order valence-electron chi connectivity index (χ0n) is 12.7. The second-order valence-electron chi connectivity index (χ2n) is 5.46. The Morgan fingerprint density at radius 1 is 1.56 bits per heavy atom. The van der Waals surface area contributed by atoms with Crippen LogP contribution >= 0.6 is 0 Å². The van der Waals surface area contributed by atoms with Gasteiger partial charge in [-0.05, 0) is 0 Å². The van der Waals surface area contributed by atoms with E-state index < -0.39 is 46.5 Å². The number of H-pyrrole nitrogens is 1. The van der Waals surface area contributed by atoms with E-state index in [4.69, 9.17) is 10.5 Å². The van der Waals surface area contributed by atoms with Crippen LogP contribution in [0, 0.1) is 0 Å². The fourth-order valence-corrected chi connectivity index (χ4v) is 3.29. The molecule has 1 aliphatic heterocycles. The van der Waals surface area contributed by atoms with Gasteiger partial charge in [0.25, 0.3) is 15.7 Å². The molecule has 138 valence electrons. The molecule has 3 rings (SSSR count). The minimum Gasteiger partial charge on any atom is -0.393 e. The highest BCUT2D eigenvalue weighted by Crippen LogP contribution is 2.39. The molecule has 0 amide bonds. The number of aromatic nitrogens is 4. The Bertz CT molecular complexity index is 970. The summed E-state index contributed by atoms with van der Waals surface area (Å²) in [5.74, 6) is -2.98. The first-order valence-electron chi connectivity index (χ1n) is 6.86. The smallest absolute Gasteiger partial charge is 0.280 e. The number of hydrogen-bond donors (Lipinski definition) is 5. The van der Waals surface area contributed by atoms with Gasteiger partial charge in [0.15, 0.2) is 23.5 Å². The minimum atomic E-state index is -4.21. The van der Waals surface area contributed by atoms with Gasteiger partial charge in [-0.1, -0.05) is 0 Å². The van der Waals surface area contributed by atoms with Crippen molar-refractivity contribution < 1.29 is 32.7 Å². The van der Waals surface area contributed by atoms with Crippen LogP contribution in [0.3, 0.4) is 0 Å². The molecular weight excluding hydrogens is 362 g/mol. The highest BCUT2D eigenvalue weighted by Gasteiger charge is 2.59. The lowest BCUT2D eigenvalue weighted by atomic mass is 10.1. The summed E-state index contributed by atoms with van der Waals surface area (Å²) in [5.41, 5.74) is 4.63. The van der Waals surface area contributed by atoms with Crippen molar-refractivity contribution in [3.63, 3.8) is 0 Å². The molecule has 2 aromatic rings. The minimum absolute atomic E-state index is 0.0782. The van der Waals surface area contributed by atoms with Crippen LogP contribution in [0.2, 0.25) is 0 Å². The summed E-state index contributed by atoms with van der Waals surface area (Å²) in [4.78, 5) is 21.7. The predicted molar refractivity (Wildman–Crippen MR) is 80.4 cm³/mol. The first-order chi connectivity index (χ1) is 11.6. The number of aliphatic hydroxyl groups is 3. The molecule has 1 aliphatic rings. The molecule has 13 nitrogen and oxygen atoms in total. The van der Waals surface area contributed by atoms with Gasteiger partial charge in [-0.2, -0.15) is 13.4 Å². The van der Waals surface area contributed by atoms with Gasteiger partial charge in [0.2, 0.25) is 11.7 Å². The third-order valence-corrected chi connectivity index (χ3v) is 4.20. The number of nitrogens with zero attached hydrogens (tertiary/aromatic N) is 3. The number of nitrogen functional groups attached to an aromatic ring is 1. The molecule has 0 radical (unpaired) electrons. The summed E-state index contributed by atoms with van der Waals surface area (Å²) < 4.78 is 33.7. The van der Waals surface area contributed by atoms with E-state index in [1.807, 2.05) is 0 Å². The number of aliphatic hydroxyl groups excluding tert-OH is 2. The Morgan fingerprint density at radius 3 is 2.84 bits per heavy atom. The number of hydrogen-bond acceptors (Lipinski definition) is 11. The zero-order chi connectivity index (χ0) is 18.6. The number of fused-ring (bicyclic) bond motifs is 1. The van der Waals surface area contributed by atoms with Crippen LogP contribution in [0.15, 0.2) is 11.1 Å². The van der Waals surface area contributed by atoms with E-state index in [-0.39, 0.29) is 17.1 Å². The van der Waals surface area contributed by atoms with Crippen molar-refractivity contribution >= 4 is 27.2 Å². The average molecular weight is 377 g/mol. The molecule has 1 fully saturated rings. The monoisotopic (exact) mass is 377 g/mol. The summed E-state index contributed by atoms with van der Waals surface area (Å²) in [6, 6.07) is 0. The predicted octanol–water partition coefficient (Wildman–Crippen LogP) is -3.38. The van der Waals surface area contributed by atoms with Crippen molar-refractivity contribution in [3.8, 4) is 0 Å². The van der Waals surface area contributed by atoms with Crippen molar-refractivity contribution in [1.82, 2.24) is 19.5 Å². The van der Waals surface area contributed by atoms with Gasteiger partial charge >= 0.3 is 0 Å². The molecule has 0 saturated carbocycles. The molecule has 0 unspecified atom stereocenters. The Balaban J connectivity index is 2.09. The molecule has 0 bridgehead atoms. The molecule has 25 heavy (non-hydrogen) atoms. The molecule has 14 heteroatoms. The maximum Gasteiger partial charge on any atom is 0.280 e. The van der Waals surface area contributed by atoms with Gasteiger partial charge in [0.1, 0.15) is 6.10 Å². The van der Waals surface area contributed by atoms with Gasteiger partial charge in [-0.25, -0.2) is 9.17 Å². The summed E-state index contributed by atoms with van der Waals surface area (Å²) in [7, 11) is -4.21. The maximum atomic E-state index is 11.8. The van der Waals surface area contributed by atoms with Gasteiger partial charge in [-0.15, -0.1) is 0 Å². The summed E-state index contributed by atoms with van der Waals surface area (Å²) in [6.07, 6.45) is -3.27. The molecular formula is C11H15N5O8S. The fourth-order valence-electron chi connectivity index (χ4n) is 2.60. The van der Waals surface area contributed by atoms with E-state index in [2.05, 4.69) is 19.1 Å². The van der Waals surface area contributed by atoms with Crippen LogP contribution in [0.5, 0.6) is 0 Å². The maximum absolute atomic E-state index is 11.8. The van der Waals surface area contributed by atoms with Crippen molar-refractivity contribution in [3.05, 3.63) is 16.7 Å². The first kappa shape index (κ1) is 17.7. The first-order valence-corrected chi connectivity index (χ1v) is 8.68. The quantitative estimate of drug-likeness (QED) is 0.262. The molecule has 3 heterocycles. The number of anilines is 1. The van der Waals surface area contributed by atoms with Gasteiger partial charge in [0, 0.05) is 0 Å². The van der Waals surface area contributed by atoms with E-state index in [9.17, 15) is 28.5 Å². The van der Waals surface area contributed by atoms with Gasteiger partial charge in [0.05, 0.1) is 19.2 Å². The number of nitrogens with one attached hydrogen (secondary N) is 1.